The molecule has 2 heteroatoms. The zero-order valence-electron chi connectivity index (χ0n) is 17.4. The van der Waals surface area contributed by atoms with E-state index in [1.807, 2.05) is 12.1 Å². The highest BCUT2D eigenvalue weighted by atomic mass is 16.5. The highest BCUT2D eigenvalue weighted by Crippen LogP contribution is 2.41. The minimum Gasteiger partial charge on any atom is -0.497 e. The molecule has 0 saturated carbocycles. The highest BCUT2D eigenvalue weighted by Gasteiger charge is 2.20. The van der Waals surface area contributed by atoms with E-state index in [2.05, 4.69) is 114 Å². The maximum atomic E-state index is 5.40. The van der Waals surface area contributed by atoms with Gasteiger partial charge in [0.25, 0.3) is 0 Å². The second-order valence-corrected chi connectivity index (χ2v) is 7.42. The lowest BCUT2D eigenvalue weighted by Crippen LogP contribution is -2.00. The summed E-state index contributed by atoms with van der Waals surface area (Å²) in [5, 5.41) is 0. The molecular formula is C29H23NO. The maximum Gasteiger partial charge on any atom is 0.119 e. The lowest BCUT2D eigenvalue weighted by atomic mass is 10.0. The molecule has 0 aliphatic rings. The summed E-state index contributed by atoms with van der Waals surface area (Å²) in [6.07, 6.45) is 0. The van der Waals surface area contributed by atoms with E-state index in [0.717, 1.165) is 17.1 Å². The Balaban J connectivity index is 1.86. The Hall–Kier alpha value is -4.04. The molecule has 0 bridgehead atoms. The molecule has 0 radical (unpaired) electrons. The molecule has 0 saturated heterocycles. The first-order chi connectivity index (χ1) is 15.3. The minimum atomic E-state index is 0.849. The van der Waals surface area contributed by atoms with E-state index in [1.165, 1.54) is 27.9 Å². The summed E-state index contributed by atoms with van der Waals surface area (Å²) in [4.78, 5) is 0. The fourth-order valence-corrected chi connectivity index (χ4v) is 4.05. The van der Waals surface area contributed by atoms with E-state index in [9.17, 15) is 0 Å². The molecule has 4 aromatic carbocycles. The van der Waals surface area contributed by atoms with E-state index in [-0.39, 0.29) is 0 Å². The molecule has 0 aliphatic heterocycles. The van der Waals surface area contributed by atoms with Crippen molar-refractivity contribution in [3.63, 3.8) is 0 Å². The van der Waals surface area contributed by atoms with Gasteiger partial charge >= 0.3 is 0 Å². The molecule has 0 atom stereocenters. The zero-order chi connectivity index (χ0) is 21.0. The van der Waals surface area contributed by atoms with Gasteiger partial charge in [0.1, 0.15) is 5.75 Å². The topological polar surface area (TPSA) is 14.2 Å². The summed E-state index contributed by atoms with van der Waals surface area (Å²) in [5.74, 6) is 0.849. The molecular weight excluding hydrogens is 378 g/mol. The van der Waals surface area contributed by atoms with E-state index >= 15 is 0 Å². The second kappa shape index (κ2) is 8.37. The molecule has 0 spiro atoms. The van der Waals surface area contributed by atoms with Gasteiger partial charge in [0.15, 0.2) is 0 Å². The van der Waals surface area contributed by atoms with E-state index < -0.39 is 0 Å². The Labute approximate surface area is 183 Å². The number of rotatable bonds is 5. The van der Waals surface area contributed by atoms with Gasteiger partial charge in [-0.3, -0.25) is 0 Å². The van der Waals surface area contributed by atoms with E-state index in [1.54, 1.807) is 7.11 Å². The van der Waals surface area contributed by atoms with Crippen molar-refractivity contribution in [2.75, 3.05) is 7.11 Å². The number of hydrogen-bond acceptors (Lipinski definition) is 1. The van der Waals surface area contributed by atoms with Crippen LogP contribution < -0.4 is 4.74 Å². The van der Waals surface area contributed by atoms with Crippen molar-refractivity contribution < 1.29 is 4.74 Å². The van der Waals surface area contributed by atoms with Crippen LogP contribution in [0.2, 0.25) is 0 Å². The van der Waals surface area contributed by atoms with Gasteiger partial charge in [-0.15, -0.1) is 0 Å². The number of methoxy groups -OCH3 is 1. The summed E-state index contributed by atoms with van der Waals surface area (Å²) < 4.78 is 7.75. The number of ether oxygens (including phenoxy) is 1. The van der Waals surface area contributed by atoms with Gasteiger partial charge in [-0.2, -0.15) is 0 Å². The van der Waals surface area contributed by atoms with Crippen LogP contribution in [0.5, 0.6) is 5.75 Å². The van der Waals surface area contributed by atoms with Gasteiger partial charge in [0, 0.05) is 11.3 Å². The molecule has 0 fully saturated rings. The van der Waals surface area contributed by atoms with Crippen LogP contribution >= 0.6 is 0 Å². The third-order valence-corrected chi connectivity index (χ3v) is 5.53. The third kappa shape index (κ3) is 3.64. The lowest BCUT2D eigenvalue weighted by molar-refractivity contribution is 0.415. The molecule has 0 aliphatic carbocycles. The van der Waals surface area contributed by atoms with Gasteiger partial charge in [-0.05, 0) is 47.0 Å². The van der Waals surface area contributed by atoms with Gasteiger partial charge in [0.05, 0.1) is 18.5 Å². The highest BCUT2D eigenvalue weighted by molar-refractivity contribution is 5.88. The summed E-state index contributed by atoms with van der Waals surface area (Å²) in [6.45, 7) is 0. The standard InChI is InChI=1S/C29H23NO/c1-31-26-19-17-25(18-20-26)30-28(23-13-7-3-8-14-23)21-27(22-11-5-2-6-12-22)29(30)24-15-9-4-10-16-24/h2-21H,1H3. The van der Waals surface area contributed by atoms with Crippen molar-refractivity contribution in [1.29, 1.82) is 0 Å². The quantitative estimate of drug-likeness (QED) is 0.298. The van der Waals surface area contributed by atoms with Crippen LogP contribution in [0.4, 0.5) is 0 Å². The largest absolute Gasteiger partial charge is 0.497 e. The third-order valence-electron chi connectivity index (χ3n) is 5.53. The molecule has 0 amide bonds. The Bertz CT molecular complexity index is 1270. The van der Waals surface area contributed by atoms with Crippen molar-refractivity contribution in [3.8, 4) is 45.1 Å². The van der Waals surface area contributed by atoms with Crippen molar-refractivity contribution in [2.24, 2.45) is 0 Å². The molecule has 0 unspecified atom stereocenters. The molecule has 5 aromatic rings. The van der Waals surface area contributed by atoms with Crippen LogP contribution in [0.1, 0.15) is 0 Å². The molecule has 1 aromatic heterocycles. The van der Waals surface area contributed by atoms with Crippen molar-refractivity contribution in [3.05, 3.63) is 121 Å². The van der Waals surface area contributed by atoms with Crippen LogP contribution in [-0.4, -0.2) is 11.7 Å². The first-order valence-corrected chi connectivity index (χ1v) is 10.4. The average molecular weight is 402 g/mol. The summed E-state index contributed by atoms with van der Waals surface area (Å²) in [6, 6.07) is 42.3. The van der Waals surface area contributed by atoms with E-state index in [4.69, 9.17) is 4.74 Å². The Morgan fingerprint density at radius 1 is 0.548 bits per heavy atom. The Morgan fingerprint density at radius 2 is 1.06 bits per heavy atom. The Morgan fingerprint density at radius 3 is 1.61 bits per heavy atom. The molecule has 2 nitrogen and oxygen atoms in total. The predicted octanol–water partition coefficient (Wildman–Crippen LogP) is 7.49. The summed E-state index contributed by atoms with van der Waals surface area (Å²) in [7, 11) is 1.70. The molecule has 150 valence electrons. The fraction of sp³-hybridized carbons (Fsp3) is 0.0345. The molecule has 31 heavy (non-hydrogen) atoms. The normalized spacial score (nSPS) is 10.7. The summed E-state index contributed by atoms with van der Waals surface area (Å²) in [5.41, 5.74) is 8.20. The first kappa shape index (κ1) is 19.0. The fourth-order valence-electron chi connectivity index (χ4n) is 4.05. The summed E-state index contributed by atoms with van der Waals surface area (Å²) >= 11 is 0. The van der Waals surface area contributed by atoms with Crippen LogP contribution in [0.3, 0.4) is 0 Å². The molecule has 5 rings (SSSR count). The van der Waals surface area contributed by atoms with Crippen LogP contribution in [0.25, 0.3) is 39.3 Å². The number of nitrogens with zero attached hydrogens (tertiary/aromatic N) is 1. The number of aromatic nitrogens is 1. The van der Waals surface area contributed by atoms with Crippen LogP contribution in [-0.2, 0) is 0 Å². The lowest BCUT2D eigenvalue weighted by Gasteiger charge is -2.16. The van der Waals surface area contributed by atoms with Gasteiger partial charge in [0.2, 0.25) is 0 Å². The second-order valence-electron chi connectivity index (χ2n) is 7.42. The maximum absolute atomic E-state index is 5.40. The van der Waals surface area contributed by atoms with E-state index in [0.29, 0.717) is 0 Å². The van der Waals surface area contributed by atoms with Crippen LogP contribution in [0.15, 0.2) is 121 Å². The Kier molecular flexibility index (Phi) is 5.12. The zero-order valence-corrected chi connectivity index (χ0v) is 17.4. The first-order valence-electron chi connectivity index (χ1n) is 10.4. The average Bonchev–Trinajstić information content (AvgIpc) is 3.26. The van der Waals surface area contributed by atoms with Crippen molar-refractivity contribution in [1.82, 2.24) is 4.57 Å². The van der Waals surface area contributed by atoms with Crippen molar-refractivity contribution >= 4 is 0 Å². The predicted molar refractivity (Wildman–Crippen MR) is 129 cm³/mol. The number of hydrogen-bond donors (Lipinski definition) is 0. The van der Waals surface area contributed by atoms with Gasteiger partial charge in [-0.25, -0.2) is 0 Å². The molecule has 0 N–H and O–H groups in total. The van der Waals surface area contributed by atoms with Gasteiger partial charge in [-0.1, -0.05) is 91.0 Å². The monoisotopic (exact) mass is 401 g/mol. The van der Waals surface area contributed by atoms with Gasteiger partial charge < -0.3 is 9.30 Å². The van der Waals surface area contributed by atoms with Crippen molar-refractivity contribution in [2.45, 2.75) is 0 Å². The number of benzene rings is 4. The SMILES string of the molecule is COc1ccc(-n2c(-c3ccccc3)cc(-c3ccccc3)c2-c2ccccc2)cc1. The minimum absolute atomic E-state index is 0.849. The smallest absolute Gasteiger partial charge is 0.119 e. The molecule has 1 heterocycles. The van der Waals surface area contributed by atoms with Crippen LogP contribution in [0, 0.1) is 0 Å².